The maximum atomic E-state index is 12.8. The van der Waals surface area contributed by atoms with Gasteiger partial charge in [-0.2, -0.15) is 8.78 Å². The third-order valence-electron chi connectivity index (χ3n) is 1.65. The molecule has 0 aliphatic heterocycles. The fourth-order valence-electron chi connectivity index (χ4n) is 0.950. The quantitative estimate of drug-likeness (QED) is 0.579. The second-order valence-electron chi connectivity index (χ2n) is 2.72. The number of alkyl halides is 2. The predicted molar refractivity (Wildman–Crippen MR) is 42.2 cm³/mol. The van der Waals surface area contributed by atoms with E-state index in [0.29, 0.717) is 6.07 Å². The molecule has 0 aliphatic rings. The number of hydrogen-bond donors (Lipinski definition) is 1. The average Bonchev–Trinajstić information content (AvgIpc) is 2.06. The van der Waals surface area contributed by atoms with Crippen molar-refractivity contribution in [1.29, 1.82) is 0 Å². The molecule has 0 spiro atoms. The lowest BCUT2D eigenvalue weighted by molar-refractivity contribution is -0.210. The third kappa shape index (κ3) is 1.83. The van der Waals surface area contributed by atoms with E-state index in [1.165, 1.54) is 6.92 Å². The van der Waals surface area contributed by atoms with Crippen molar-refractivity contribution >= 4 is 11.6 Å². The van der Waals surface area contributed by atoms with Crippen LogP contribution in [0.5, 0.6) is 0 Å². The first-order chi connectivity index (χ1) is 6.25. The molecule has 78 valence electrons. The van der Waals surface area contributed by atoms with Gasteiger partial charge in [0.1, 0.15) is 0 Å². The van der Waals surface area contributed by atoms with E-state index in [1.54, 1.807) is 0 Å². The summed E-state index contributed by atoms with van der Waals surface area (Å²) in [4.78, 5) is 0. The molecule has 0 bridgehead atoms. The molecule has 14 heavy (non-hydrogen) atoms. The highest BCUT2D eigenvalue weighted by atomic mass is 35.5. The van der Waals surface area contributed by atoms with Crippen LogP contribution in [0.15, 0.2) is 6.07 Å². The largest absolute Gasteiger partial charge is 0.383 e. The summed E-state index contributed by atoms with van der Waals surface area (Å²) in [6.45, 7) is 1.22. The number of aliphatic hydroxyl groups is 1. The van der Waals surface area contributed by atoms with Gasteiger partial charge >= 0.3 is 6.11 Å². The van der Waals surface area contributed by atoms with Crippen LogP contribution in [0.1, 0.15) is 11.1 Å². The second-order valence-corrected chi connectivity index (χ2v) is 3.10. The van der Waals surface area contributed by atoms with Crippen molar-refractivity contribution in [2.45, 2.75) is 13.0 Å². The molecule has 1 nitrogen and oxygen atoms in total. The van der Waals surface area contributed by atoms with Gasteiger partial charge in [0.15, 0.2) is 11.6 Å². The minimum atomic E-state index is -4.42. The summed E-state index contributed by atoms with van der Waals surface area (Å²) < 4.78 is 50.3. The van der Waals surface area contributed by atoms with Gasteiger partial charge in [0.25, 0.3) is 0 Å². The van der Waals surface area contributed by atoms with Gasteiger partial charge < -0.3 is 5.11 Å². The van der Waals surface area contributed by atoms with Crippen LogP contribution >= 0.6 is 11.6 Å². The normalized spacial score (nSPS) is 11.9. The van der Waals surface area contributed by atoms with Crippen LogP contribution in [0.3, 0.4) is 0 Å². The van der Waals surface area contributed by atoms with Gasteiger partial charge in [-0.15, -0.1) is 0 Å². The number of rotatable bonds is 1. The van der Waals surface area contributed by atoms with Crippen molar-refractivity contribution in [1.82, 2.24) is 0 Å². The molecule has 0 unspecified atom stereocenters. The smallest absolute Gasteiger partial charge is 0.332 e. The number of halogens is 5. The van der Waals surface area contributed by atoms with Crippen LogP contribution < -0.4 is 0 Å². The Morgan fingerprint density at radius 1 is 1.29 bits per heavy atom. The SMILES string of the molecule is Cc1cc(C(O)(F)F)c(F)c(F)c1Cl. The monoisotopic (exact) mass is 228 g/mol. The molecule has 0 saturated heterocycles. The van der Waals surface area contributed by atoms with Gasteiger partial charge in [0.05, 0.1) is 10.6 Å². The van der Waals surface area contributed by atoms with E-state index in [9.17, 15) is 17.6 Å². The fourth-order valence-corrected chi connectivity index (χ4v) is 1.09. The first-order valence-corrected chi connectivity index (χ1v) is 3.87. The summed E-state index contributed by atoms with van der Waals surface area (Å²) in [6, 6.07) is 0.598. The van der Waals surface area contributed by atoms with Gasteiger partial charge in [-0.3, -0.25) is 0 Å². The van der Waals surface area contributed by atoms with Crippen LogP contribution in [0.2, 0.25) is 5.02 Å². The Kier molecular flexibility index (Phi) is 2.74. The van der Waals surface area contributed by atoms with E-state index in [0.717, 1.165) is 0 Å². The molecule has 1 rings (SSSR count). The Balaban J connectivity index is 3.49. The molecule has 0 fully saturated rings. The highest BCUT2D eigenvalue weighted by Gasteiger charge is 2.34. The topological polar surface area (TPSA) is 20.2 Å². The molecule has 0 heterocycles. The third-order valence-corrected chi connectivity index (χ3v) is 2.12. The molecule has 0 radical (unpaired) electrons. The lowest BCUT2D eigenvalue weighted by Gasteiger charge is -2.12. The summed E-state index contributed by atoms with van der Waals surface area (Å²) in [5.41, 5.74) is -1.49. The van der Waals surface area contributed by atoms with Crippen molar-refractivity contribution < 1.29 is 22.7 Å². The van der Waals surface area contributed by atoms with Crippen LogP contribution in [-0.2, 0) is 6.11 Å². The molecule has 0 atom stereocenters. The van der Waals surface area contributed by atoms with E-state index >= 15 is 0 Å². The molecule has 0 amide bonds. The number of aryl methyl sites for hydroxylation is 1. The van der Waals surface area contributed by atoms with Crippen molar-refractivity contribution in [2.75, 3.05) is 0 Å². The summed E-state index contributed by atoms with van der Waals surface area (Å²) >= 11 is 5.26. The maximum Gasteiger partial charge on any atom is 0.383 e. The Hall–Kier alpha value is -0.810. The zero-order valence-corrected chi connectivity index (χ0v) is 7.67. The Bertz CT molecular complexity index is 373. The van der Waals surface area contributed by atoms with Crippen molar-refractivity contribution in [2.24, 2.45) is 0 Å². The summed E-state index contributed by atoms with van der Waals surface area (Å²) in [7, 11) is 0. The average molecular weight is 229 g/mol. The van der Waals surface area contributed by atoms with Crippen LogP contribution in [0.4, 0.5) is 17.6 Å². The Labute approximate surface area is 81.9 Å². The Morgan fingerprint density at radius 3 is 2.21 bits per heavy atom. The number of hydrogen-bond acceptors (Lipinski definition) is 1. The van der Waals surface area contributed by atoms with Crippen molar-refractivity contribution in [3.63, 3.8) is 0 Å². The predicted octanol–water partition coefficient (Wildman–Crippen LogP) is 2.97. The molecule has 0 aromatic heterocycles. The van der Waals surface area contributed by atoms with Gasteiger partial charge in [-0.25, -0.2) is 8.78 Å². The lowest BCUT2D eigenvalue weighted by Crippen LogP contribution is -2.15. The van der Waals surface area contributed by atoms with Crippen molar-refractivity contribution in [3.05, 3.63) is 33.9 Å². The Morgan fingerprint density at radius 2 is 1.79 bits per heavy atom. The summed E-state index contributed by atoms with van der Waals surface area (Å²) in [6.07, 6.45) is -4.42. The highest BCUT2D eigenvalue weighted by molar-refractivity contribution is 6.31. The molecule has 0 saturated carbocycles. The van der Waals surface area contributed by atoms with Gasteiger partial charge in [0.2, 0.25) is 0 Å². The molecule has 1 aromatic carbocycles. The second kappa shape index (κ2) is 3.40. The van der Waals surface area contributed by atoms with E-state index in [-0.39, 0.29) is 5.56 Å². The van der Waals surface area contributed by atoms with E-state index in [2.05, 4.69) is 0 Å². The molecule has 1 N–H and O–H groups in total. The van der Waals surface area contributed by atoms with Crippen LogP contribution in [0.25, 0.3) is 0 Å². The lowest BCUT2D eigenvalue weighted by atomic mass is 10.1. The van der Waals surface area contributed by atoms with Gasteiger partial charge in [-0.1, -0.05) is 11.6 Å². The summed E-state index contributed by atoms with van der Waals surface area (Å²) in [5, 5.41) is 7.65. The molecule has 0 aliphatic carbocycles. The maximum absolute atomic E-state index is 12.8. The molecule has 1 aromatic rings. The first kappa shape index (κ1) is 11.3. The van der Waals surface area contributed by atoms with E-state index in [1.807, 2.05) is 0 Å². The standard InChI is InChI=1S/C8H5ClF4O/c1-3-2-4(8(12,13)14)6(10)7(11)5(3)9/h2,14H,1H3. The van der Waals surface area contributed by atoms with Crippen molar-refractivity contribution in [3.8, 4) is 0 Å². The molecular formula is C8H5ClF4O. The minimum Gasteiger partial charge on any atom is -0.332 e. The molecular weight excluding hydrogens is 224 g/mol. The zero-order chi connectivity index (χ0) is 11.1. The highest BCUT2D eigenvalue weighted by Crippen LogP contribution is 2.32. The number of benzene rings is 1. The van der Waals surface area contributed by atoms with Gasteiger partial charge in [0, 0.05) is 0 Å². The zero-order valence-electron chi connectivity index (χ0n) is 6.91. The van der Waals surface area contributed by atoms with Gasteiger partial charge in [-0.05, 0) is 18.6 Å². The van der Waals surface area contributed by atoms with Crippen LogP contribution in [-0.4, -0.2) is 5.11 Å². The first-order valence-electron chi connectivity index (χ1n) is 3.50. The minimum absolute atomic E-state index is 0.0747. The fraction of sp³-hybridized carbons (Fsp3) is 0.250. The summed E-state index contributed by atoms with van der Waals surface area (Å²) in [5.74, 6) is -3.43. The van der Waals surface area contributed by atoms with Crippen LogP contribution in [0, 0.1) is 18.6 Å². The van der Waals surface area contributed by atoms with E-state index in [4.69, 9.17) is 16.7 Å². The van der Waals surface area contributed by atoms with E-state index < -0.39 is 28.3 Å². The molecule has 6 heteroatoms.